The first-order chi connectivity index (χ1) is 8.22. The summed E-state index contributed by atoms with van der Waals surface area (Å²) in [6.07, 6.45) is 0. The summed E-state index contributed by atoms with van der Waals surface area (Å²) in [6.45, 7) is -0.257. The maximum Gasteiger partial charge on any atom is 0.435 e. The van der Waals surface area contributed by atoms with E-state index in [1.165, 1.54) is 0 Å². The molecular formula is C12H11O3PS. The van der Waals surface area contributed by atoms with Gasteiger partial charge in [0, 0.05) is 17.2 Å². The molecule has 88 valence electrons. The summed E-state index contributed by atoms with van der Waals surface area (Å²) in [5.41, 5.74) is 0. The minimum Gasteiger partial charge on any atom is -0.412 e. The predicted octanol–water partition coefficient (Wildman–Crippen LogP) is 3.87. The Morgan fingerprint density at radius 3 is 2.82 bits per heavy atom. The highest BCUT2D eigenvalue weighted by atomic mass is 32.5. The first kappa shape index (κ1) is 11.0. The Morgan fingerprint density at radius 1 is 1.18 bits per heavy atom. The van der Waals surface area contributed by atoms with Crippen LogP contribution in [0.4, 0.5) is 0 Å². The summed E-state index contributed by atoms with van der Waals surface area (Å²) in [5.74, 6) is 1.39. The predicted molar refractivity (Wildman–Crippen MR) is 71.1 cm³/mol. The van der Waals surface area contributed by atoms with E-state index in [9.17, 15) is 0 Å². The molecule has 1 unspecified atom stereocenters. The van der Waals surface area contributed by atoms with Gasteiger partial charge in [-0.3, -0.25) is 4.52 Å². The van der Waals surface area contributed by atoms with Gasteiger partial charge in [0.1, 0.15) is 0 Å². The fourth-order valence-electron chi connectivity index (χ4n) is 1.85. The topological polar surface area (TPSA) is 27.7 Å². The molecule has 0 amide bonds. The average molecular weight is 266 g/mol. The highest BCUT2D eigenvalue weighted by Gasteiger charge is 2.34. The van der Waals surface area contributed by atoms with Gasteiger partial charge in [0.05, 0.1) is 6.61 Å². The van der Waals surface area contributed by atoms with E-state index in [0.717, 1.165) is 10.8 Å². The lowest BCUT2D eigenvalue weighted by molar-refractivity contribution is 0.298. The Kier molecular flexibility index (Phi) is 2.58. The Hall–Kier alpha value is -1.09. The van der Waals surface area contributed by atoms with Crippen LogP contribution in [0.15, 0.2) is 36.4 Å². The van der Waals surface area contributed by atoms with Crippen molar-refractivity contribution in [2.24, 2.45) is 0 Å². The van der Waals surface area contributed by atoms with E-state index < -0.39 is 6.72 Å². The number of fused-ring (bicyclic) bond motifs is 3. The molecule has 0 bridgehead atoms. The Labute approximate surface area is 105 Å². The van der Waals surface area contributed by atoms with Gasteiger partial charge >= 0.3 is 6.72 Å². The fourth-order valence-corrected chi connectivity index (χ4v) is 3.89. The van der Waals surface area contributed by atoms with Crippen LogP contribution in [0, 0.1) is 0 Å². The maximum absolute atomic E-state index is 5.73. The van der Waals surface area contributed by atoms with Crippen LogP contribution in [0.2, 0.25) is 0 Å². The van der Waals surface area contributed by atoms with Crippen molar-refractivity contribution in [1.82, 2.24) is 0 Å². The molecule has 0 aromatic heterocycles. The van der Waals surface area contributed by atoms with E-state index in [2.05, 4.69) is 0 Å². The van der Waals surface area contributed by atoms with Crippen molar-refractivity contribution in [3.8, 4) is 11.5 Å². The quantitative estimate of drug-likeness (QED) is 0.771. The molecule has 1 heterocycles. The van der Waals surface area contributed by atoms with E-state index in [-0.39, 0.29) is 0 Å². The van der Waals surface area contributed by atoms with E-state index in [1.807, 2.05) is 43.3 Å². The zero-order valence-corrected chi connectivity index (χ0v) is 11.0. The SMILES string of the molecule is CCOP1(=S)Oc2ccc3ccccc3c2O1. The minimum absolute atomic E-state index is 0.489. The molecule has 3 nitrogen and oxygen atoms in total. The van der Waals surface area contributed by atoms with Gasteiger partial charge in [-0.25, -0.2) is 0 Å². The van der Waals surface area contributed by atoms with Crippen molar-refractivity contribution in [3.63, 3.8) is 0 Å². The first-order valence-electron chi connectivity index (χ1n) is 5.37. The smallest absolute Gasteiger partial charge is 0.412 e. The number of hydrogen-bond acceptors (Lipinski definition) is 4. The zero-order chi connectivity index (χ0) is 11.9. The van der Waals surface area contributed by atoms with Gasteiger partial charge < -0.3 is 9.05 Å². The molecule has 3 rings (SSSR count). The molecular weight excluding hydrogens is 255 g/mol. The highest BCUT2D eigenvalue weighted by molar-refractivity contribution is 8.08. The third-order valence-electron chi connectivity index (χ3n) is 2.54. The van der Waals surface area contributed by atoms with Gasteiger partial charge in [-0.2, -0.15) is 0 Å². The minimum atomic E-state index is -2.62. The van der Waals surface area contributed by atoms with Crippen LogP contribution < -0.4 is 9.05 Å². The molecule has 0 spiro atoms. The van der Waals surface area contributed by atoms with E-state index in [1.54, 1.807) is 0 Å². The van der Waals surface area contributed by atoms with Crippen LogP contribution >= 0.6 is 6.72 Å². The van der Waals surface area contributed by atoms with Crippen molar-refractivity contribution in [3.05, 3.63) is 36.4 Å². The molecule has 1 aliphatic heterocycles. The number of hydrogen-bond donors (Lipinski definition) is 0. The molecule has 0 N–H and O–H groups in total. The first-order valence-corrected chi connectivity index (χ1v) is 7.93. The third kappa shape index (κ3) is 1.82. The molecule has 0 saturated heterocycles. The molecule has 1 atom stereocenters. The second-order valence-corrected chi connectivity index (χ2v) is 6.52. The second kappa shape index (κ2) is 3.98. The molecule has 0 fully saturated rings. The maximum atomic E-state index is 5.73. The lowest BCUT2D eigenvalue weighted by Crippen LogP contribution is -1.96. The fraction of sp³-hybridized carbons (Fsp3) is 0.167. The second-order valence-electron chi connectivity index (χ2n) is 3.66. The normalized spacial score (nSPS) is 21.9. The van der Waals surface area contributed by atoms with Crippen molar-refractivity contribution in [1.29, 1.82) is 0 Å². The Balaban J connectivity index is 2.14. The van der Waals surface area contributed by atoms with Crippen LogP contribution in [0.3, 0.4) is 0 Å². The van der Waals surface area contributed by atoms with Gasteiger partial charge in [-0.1, -0.05) is 30.3 Å². The van der Waals surface area contributed by atoms with Crippen molar-refractivity contribution in [2.45, 2.75) is 6.92 Å². The van der Waals surface area contributed by atoms with Gasteiger partial charge in [-0.15, -0.1) is 0 Å². The van der Waals surface area contributed by atoms with Crippen LogP contribution in [-0.2, 0) is 16.3 Å². The van der Waals surface area contributed by atoms with Crippen LogP contribution in [0.25, 0.3) is 10.8 Å². The molecule has 1 aliphatic rings. The van der Waals surface area contributed by atoms with Crippen molar-refractivity contribution in [2.75, 3.05) is 6.61 Å². The van der Waals surface area contributed by atoms with Crippen LogP contribution in [-0.4, -0.2) is 6.61 Å². The molecule has 0 radical (unpaired) electrons. The highest BCUT2D eigenvalue weighted by Crippen LogP contribution is 2.60. The molecule has 2 aromatic carbocycles. The van der Waals surface area contributed by atoms with Gasteiger partial charge in [-0.05, 0) is 18.4 Å². The van der Waals surface area contributed by atoms with Crippen molar-refractivity contribution >= 4 is 29.3 Å². The van der Waals surface area contributed by atoms with Crippen molar-refractivity contribution < 1.29 is 13.6 Å². The third-order valence-corrected chi connectivity index (χ3v) is 4.71. The summed E-state index contributed by atoms with van der Waals surface area (Å²) < 4.78 is 16.8. The zero-order valence-electron chi connectivity index (χ0n) is 9.25. The van der Waals surface area contributed by atoms with Crippen LogP contribution in [0.5, 0.6) is 11.5 Å². The van der Waals surface area contributed by atoms with E-state index >= 15 is 0 Å². The summed E-state index contributed by atoms with van der Waals surface area (Å²) in [7, 11) is 0. The molecule has 0 saturated carbocycles. The number of rotatable bonds is 2. The van der Waals surface area contributed by atoms with Gasteiger partial charge in [0.25, 0.3) is 0 Å². The molecule has 2 aromatic rings. The summed E-state index contributed by atoms with van der Waals surface area (Å²) >= 11 is 5.28. The lowest BCUT2D eigenvalue weighted by atomic mass is 10.1. The van der Waals surface area contributed by atoms with Crippen LogP contribution in [0.1, 0.15) is 6.92 Å². The monoisotopic (exact) mass is 266 g/mol. The standard InChI is InChI=1S/C12H11O3PS/c1-2-13-16(17)14-11-8-7-9-5-3-4-6-10(9)12(11)15-16/h3-8H,2H2,1H3. The largest absolute Gasteiger partial charge is 0.435 e. The van der Waals surface area contributed by atoms with Gasteiger partial charge in [0.2, 0.25) is 0 Å². The Morgan fingerprint density at radius 2 is 2.00 bits per heavy atom. The molecule has 0 aliphatic carbocycles. The average Bonchev–Trinajstić information content (AvgIpc) is 2.66. The molecule has 17 heavy (non-hydrogen) atoms. The molecule has 5 heteroatoms. The van der Waals surface area contributed by atoms with E-state index in [4.69, 9.17) is 25.4 Å². The van der Waals surface area contributed by atoms with E-state index in [0.29, 0.717) is 18.1 Å². The number of benzene rings is 2. The Bertz CT molecular complexity index is 626. The summed E-state index contributed by atoms with van der Waals surface area (Å²) in [6, 6.07) is 11.9. The summed E-state index contributed by atoms with van der Waals surface area (Å²) in [4.78, 5) is 0. The van der Waals surface area contributed by atoms with Gasteiger partial charge in [0.15, 0.2) is 11.5 Å². The summed E-state index contributed by atoms with van der Waals surface area (Å²) in [5, 5.41) is 2.12. The lowest BCUT2D eigenvalue weighted by Gasteiger charge is -2.11.